The number of piperazine rings is 1. The van der Waals surface area contributed by atoms with Gasteiger partial charge >= 0.3 is 5.97 Å². The summed E-state index contributed by atoms with van der Waals surface area (Å²) in [5.74, 6) is -0.259. The standard InChI is InChI=1S/C25H36N4O5/c1-17(2)16-34-23(31)14-21-24(32)26-9-12-29(21)15-22(30)27-20-6-4-5-19(13-20)25(33)28-10-7-18(3)8-11-28/h4-6,13,17-18,21H,7-12,14-16H2,1-3H3,(H,26,32)(H,27,30). The fourth-order valence-electron chi connectivity index (χ4n) is 4.16. The lowest BCUT2D eigenvalue weighted by Gasteiger charge is -2.34. The minimum absolute atomic E-state index is 0.0318. The Labute approximate surface area is 201 Å². The molecule has 2 heterocycles. The predicted octanol–water partition coefficient (Wildman–Crippen LogP) is 1.89. The smallest absolute Gasteiger partial charge is 0.307 e. The number of likely N-dealkylation sites (tertiary alicyclic amines) is 1. The van der Waals surface area contributed by atoms with E-state index in [1.807, 2.05) is 18.7 Å². The molecular weight excluding hydrogens is 436 g/mol. The maximum atomic E-state index is 12.9. The molecule has 2 saturated heterocycles. The van der Waals surface area contributed by atoms with E-state index < -0.39 is 12.0 Å². The molecule has 2 N–H and O–H groups in total. The van der Waals surface area contributed by atoms with Crippen molar-refractivity contribution in [3.63, 3.8) is 0 Å². The van der Waals surface area contributed by atoms with Gasteiger partial charge in [0.2, 0.25) is 11.8 Å². The van der Waals surface area contributed by atoms with Crippen molar-refractivity contribution < 1.29 is 23.9 Å². The van der Waals surface area contributed by atoms with E-state index in [0.29, 0.717) is 36.9 Å². The van der Waals surface area contributed by atoms with Gasteiger partial charge < -0.3 is 20.3 Å². The van der Waals surface area contributed by atoms with Crippen LogP contribution in [-0.2, 0) is 19.1 Å². The Morgan fingerprint density at radius 2 is 1.91 bits per heavy atom. The van der Waals surface area contributed by atoms with Crippen LogP contribution in [0.25, 0.3) is 0 Å². The van der Waals surface area contributed by atoms with Crippen LogP contribution in [0.3, 0.4) is 0 Å². The number of rotatable bonds is 8. The van der Waals surface area contributed by atoms with Gasteiger partial charge in [0.25, 0.3) is 5.91 Å². The molecule has 0 saturated carbocycles. The number of esters is 1. The average molecular weight is 473 g/mol. The van der Waals surface area contributed by atoms with Crippen LogP contribution in [0.5, 0.6) is 0 Å². The Bertz CT molecular complexity index is 895. The Morgan fingerprint density at radius 3 is 2.62 bits per heavy atom. The lowest BCUT2D eigenvalue weighted by Crippen LogP contribution is -2.57. The van der Waals surface area contributed by atoms with E-state index in [1.165, 1.54) is 0 Å². The molecule has 186 valence electrons. The van der Waals surface area contributed by atoms with E-state index in [0.717, 1.165) is 25.9 Å². The van der Waals surface area contributed by atoms with Crippen molar-refractivity contribution in [1.82, 2.24) is 15.1 Å². The molecule has 1 aromatic carbocycles. The van der Waals surface area contributed by atoms with E-state index in [1.54, 1.807) is 29.2 Å². The van der Waals surface area contributed by atoms with Gasteiger partial charge in [0.1, 0.15) is 6.04 Å². The highest BCUT2D eigenvalue weighted by molar-refractivity contribution is 5.98. The molecule has 1 atom stereocenters. The van der Waals surface area contributed by atoms with Gasteiger partial charge in [-0.05, 0) is 42.9 Å². The first kappa shape index (κ1) is 25.7. The minimum Gasteiger partial charge on any atom is -0.465 e. The van der Waals surface area contributed by atoms with Crippen LogP contribution in [-0.4, -0.2) is 78.9 Å². The van der Waals surface area contributed by atoms with Gasteiger partial charge in [-0.25, -0.2) is 0 Å². The molecule has 9 heteroatoms. The van der Waals surface area contributed by atoms with Crippen molar-refractivity contribution in [1.29, 1.82) is 0 Å². The lowest BCUT2D eigenvalue weighted by atomic mass is 9.98. The summed E-state index contributed by atoms with van der Waals surface area (Å²) in [6.07, 6.45) is 1.89. The predicted molar refractivity (Wildman–Crippen MR) is 128 cm³/mol. The number of hydrogen-bond acceptors (Lipinski definition) is 6. The topological polar surface area (TPSA) is 108 Å². The summed E-state index contributed by atoms with van der Waals surface area (Å²) in [6, 6.07) is 6.16. The van der Waals surface area contributed by atoms with Crippen molar-refractivity contribution in [3.8, 4) is 0 Å². The second-order valence-electron chi connectivity index (χ2n) is 9.66. The Balaban J connectivity index is 1.58. The third-order valence-electron chi connectivity index (χ3n) is 6.19. The van der Waals surface area contributed by atoms with Crippen LogP contribution in [0.1, 0.15) is 50.4 Å². The van der Waals surface area contributed by atoms with Crippen molar-refractivity contribution in [2.75, 3.05) is 44.6 Å². The van der Waals surface area contributed by atoms with E-state index in [2.05, 4.69) is 17.6 Å². The first-order chi connectivity index (χ1) is 16.2. The minimum atomic E-state index is -0.756. The number of nitrogens with one attached hydrogen (secondary N) is 2. The van der Waals surface area contributed by atoms with Crippen LogP contribution in [0.15, 0.2) is 24.3 Å². The third-order valence-corrected chi connectivity index (χ3v) is 6.19. The summed E-state index contributed by atoms with van der Waals surface area (Å²) >= 11 is 0. The second-order valence-corrected chi connectivity index (χ2v) is 9.66. The number of hydrogen-bond donors (Lipinski definition) is 2. The number of carbonyl (C=O) groups is 4. The van der Waals surface area contributed by atoms with E-state index in [4.69, 9.17) is 4.74 Å². The molecule has 0 spiro atoms. The number of piperidine rings is 1. The molecular formula is C25H36N4O5. The highest BCUT2D eigenvalue weighted by atomic mass is 16.5. The Hall–Kier alpha value is -2.94. The SMILES string of the molecule is CC(C)COC(=O)CC1C(=O)NCCN1CC(=O)Nc1cccc(C(=O)N2CCC(C)CC2)c1. The number of benzene rings is 1. The van der Waals surface area contributed by atoms with Crippen molar-refractivity contribution in [2.24, 2.45) is 11.8 Å². The van der Waals surface area contributed by atoms with Gasteiger partial charge in [0.15, 0.2) is 0 Å². The van der Waals surface area contributed by atoms with Gasteiger partial charge in [-0.3, -0.25) is 24.1 Å². The maximum Gasteiger partial charge on any atom is 0.307 e. The molecule has 0 bridgehead atoms. The van der Waals surface area contributed by atoms with Crippen molar-refractivity contribution >= 4 is 29.4 Å². The van der Waals surface area contributed by atoms with Crippen LogP contribution >= 0.6 is 0 Å². The molecule has 0 aliphatic carbocycles. The summed E-state index contributed by atoms with van der Waals surface area (Å²) in [4.78, 5) is 53.7. The van der Waals surface area contributed by atoms with Gasteiger partial charge in [-0.1, -0.05) is 26.8 Å². The highest BCUT2D eigenvalue weighted by Crippen LogP contribution is 2.20. The molecule has 2 fully saturated rings. The van der Waals surface area contributed by atoms with Crippen LogP contribution in [0.2, 0.25) is 0 Å². The summed E-state index contributed by atoms with van der Waals surface area (Å²) < 4.78 is 5.21. The van der Waals surface area contributed by atoms with Gasteiger partial charge in [-0.2, -0.15) is 0 Å². The van der Waals surface area contributed by atoms with Gasteiger partial charge in [0, 0.05) is 37.4 Å². The number of anilines is 1. The van der Waals surface area contributed by atoms with E-state index in [9.17, 15) is 19.2 Å². The fourth-order valence-corrected chi connectivity index (χ4v) is 4.16. The summed E-state index contributed by atoms with van der Waals surface area (Å²) in [6.45, 7) is 8.66. The molecule has 1 unspecified atom stereocenters. The zero-order chi connectivity index (χ0) is 24.7. The third kappa shape index (κ3) is 7.28. The average Bonchev–Trinajstić information content (AvgIpc) is 2.80. The monoisotopic (exact) mass is 472 g/mol. The van der Waals surface area contributed by atoms with Gasteiger partial charge in [0.05, 0.1) is 19.6 Å². The molecule has 2 aliphatic heterocycles. The first-order valence-corrected chi connectivity index (χ1v) is 12.1. The van der Waals surface area contributed by atoms with Gasteiger partial charge in [-0.15, -0.1) is 0 Å². The number of nitrogens with zero attached hydrogens (tertiary/aromatic N) is 2. The van der Waals surface area contributed by atoms with Crippen LogP contribution in [0.4, 0.5) is 5.69 Å². The number of ether oxygens (including phenoxy) is 1. The Kier molecular flexibility index (Phi) is 9.04. The normalized spacial score (nSPS) is 19.6. The second kappa shape index (κ2) is 12.0. The zero-order valence-corrected chi connectivity index (χ0v) is 20.3. The van der Waals surface area contributed by atoms with Crippen LogP contribution < -0.4 is 10.6 Å². The largest absolute Gasteiger partial charge is 0.465 e. The molecule has 34 heavy (non-hydrogen) atoms. The zero-order valence-electron chi connectivity index (χ0n) is 20.3. The molecule has 3 rings (SSSR count). The first-order valence-electron chi connectivity index (χ1n) is 12.1. The van der Waals surface area contributed by atoms with Crippen LogP contribution in [0, 0.1) is 11.8 Å². The number of amides is 3. The summed E-state index contributed by atoms with van der Waals surface area (Å²) in [7, 11) is 0. The summed E-state index contributed by atoms with van der Waals surface area (Å²) in [5.41, 5.74) is 1.06. The quantitative estimate of drug-likeness (QED) is 0.560. The molecule has 9 nitrogen and oxygen atoms in total. The molecule has 0 radical (unpaired) electrons. The number of carbonyl (C=O) groups excluding carboxylic acids is 4. The Morgan fingerprint density at radius 1 is 1.18 bits per heavy atom. The van der Waals surface area contributed by atoms with Crippen molar-refractivity contribution in [3.05, 3.63) is 29.8 Å². The highest BCUT2D eigenvalue weighted by Gasteiger charge is 2.33. The fraction of sp³-hybridized carbons (Fsp3) is 0.600. The molecule has 0 aromatic heterocycles. The molecule has 2 aliphatic rings. The molecule has 1 aromatic rings. The molecule has 3 amide bonds. The summed E-state index contributed by atoms with van der Waals surface area (Å²) in [5, 5.41) is 5.57. The van der Waals surface area contributed by atoms with E-state index >= 15 is 0 Å². The van der Waals surface area contributed by atoms with Crippen molar-refractivity contribution in [2.45, 2.75) is 46.1 Å². The van der Waals surface area contributed by atoms with E-state index in [-0.39, 0.29) is 36.6 Å². The lowest BCUT2D eigenvalue weighted by molar-refractivity contribution is -0.149. The maximum absolute atomic E-state index is 12.9.